The van der Waals surface area contributed by atoms with Gasteiger partial charge in [-0.1, -0.05) is 19.1 Å². The first kappa shape index (κ1) is 14.6. The average Bonchev–Trinajstić information content (AvgIpc) is 2.41. The summed E-state index contributed by atoms with van der Waals surface area (Å²) in [6, 6.07) is 7.36. The molecule has 0 spiro atoms. The van der Waals surface area contributed by atoms with E-state index < -0.39 is 17.7 Å². The van der Waals surface area contributed by atoms with Gasteiger partial charge in [0.25, 0.3) is 0 Å². The molecule has 1 N–H and O–H groups in total. The van der Waals surface area contributed by atoms with Crippen molar-refractivity contribution in [2.24, 2.45) is 0 Å². The largest absolute Gasteiger partial charge is 0.310 e. The van der Waals surface area contributed by atoms with E-state index >= 15 is 0 Å². The summed E-state index contributed by atoms with van der Waals surface area (Å²) in [6.07, 6.45) is 2.21. The Bertz CT molecular complexity index is 547. The molecule has 106 valence electrons. The molecule has 0 aliphatic heterocycles. The molecule has 0 aliphatic rings. The quantitative estimate of drug-likeness (QED) is 0.903. The molecule has 1 aromatic carbocycles. The molecule has 0 bridgehead atoms. The lowest BCUT2D eigenvalue weighted by molar-refractivity contribution is 0.470. The van der Waals surface area contributed by atoms with Crippen LogP contribution >= 0.6 is 0 Å². The standard InChI is InChI=1S/C16H18F2N2/c1-3-19-15(9-12-8-7-11(2)10-20-12)16-13(17)5-4-6-14(16)18/h4-8,10,15,19H,3,9H2,1-2H3. The molecule has 2 aromatic rings. The van der Waals surface area contributed by atoms with Gasteiger partial charge >= 0.3 is 0 Å². The van der Waals surface area contributed by atoms with Gasteiger partial charge in [-0.05, 0) is 37.2 Å². The number of aromatic nitrogens is 1. The summed E-state index contributed by atoms with van der Waals surface area (Å²) in [5, 5.41) is 3.12. The molecule has 1 unspecified atom stereocenters. The van der Waals surface area contributed by atoms with Gasteiger partial charge in [-0.25, -0.2) is 8.78 Å². The Morgan fingerprint density at radius 2 is 1.85 bits per heavy atom. The Labute approximate surface area is 117 Å². The molecule has 20 heavy (non-hydrogen) atoms. The van der Waals surface area contributed by atoms with Crippen molar-refractivity contribution in [1.82, 2.24) is 10.3 Å². The Balaban J connectivity index is 2.29. The molecule has 2 rings (SSSR count). The molecule has 0 aliphatic carbocycles. The van der Waals surface area contributed by atoms with E-state index in [0.717, 1.165) is 11.3 Å². The third kappa shape index (κ3) is 3.39. The van der Waals surface area contributed by atoms with Crippen LogP contribution in [0, 0.1) is 18.6 Å². The predicted octanol–water partition coefficient (Wildman–Crippen LogP) is 3.56. The summed E-state index contributed by atoms with van der Waals surface area (Å²) in [4.78, 5) is 4.30. The van der Waals surface area contributed by atoms with Gasteiger partial charge in [-0.15, -0.1) is 0 Å². The third-order valence-electron chi connectivity index (χ3n) is 3.18. The molecule has 1 heterocycles. The van der Waals surface area contributed by atoms with Crippen LogP contribution < -0.4 is 5.32 Å². The molecule has 2 nitrogen and oxygen atoms in total. The van der Waals surface area contributed by atoms with E-state index in [1.807, 2.05) is 26.0 Å². The fraction of sp³-hybridized carbons (Fsp3) is 0.312. The molecule has 4 heteroatoms. The van der Waals surface area contributed by atoms with Gasteiger partial charge in [0.2, 0.25) is 0 Å². The van der Waals surface area contributed by atoms with Crippen molar-refractivity contribution < 1.29 is 8.78 Å². The maximum absolute atomic E-state index is 13.9. The summed E-state index contributed by atoms with van der Waals surface area (Å²) in [5.74, 6) is -1.05. The van der Waals surface area contributed by atoms with Crippen LogP contribution in [0.1, 0.15) is 29.8 Å². The van der Waals surface area contributed by atoms with E-state index in [1.165, 1.54) is 18.2 Å². The summed E-state index contributed by atoms with van der Waals surface area (Å²) >= 11 is 0. The van der Waals surface area contributed by atoms with Gasteiger partial charge in [0.05, 0.1) is 0 Å². The second-order valence-electron chi connectivity index (χ2n) is 4.78. The second-order valence-corrected chi connectivity index (χ2v) is 4.78. The van der Waals surface area contributed by atoms with Crippen LogP contribution in [0.25, 0.3) is 0 Å². The number of hydrogen-bond donors (Lipinski definition) is 1. The van der Waals surface area contributed by atoms with Gasteiger partial charge in [0, 0.05) is 29.9 Å². The molecular weight excluding hydrogens is 258 g/mol. The van der Waals surface area contributed by atoms with Crippen molar-refractivity contribution in [1.29, 1.82) is 0 Å². The van der Waals surface area contributed by atoms with Crippen LogP contribution in [-0.4, -0.2) is 11.5 Å². The first-order valence-corrected chi connectivity index (χ1v) is 6.70. The number of aryl methyl sites for hydroxylation is 1. The SMILES string of the molecule is CCNC(Cc1ccc(C)cn1)c1c(F)cccc1F. The van der Waals surface area contributed by atoms with Crippen LogP contribution in [0.15, 0.2) is 36.5 Å². The lowest BCUT2D eigenvalue weighted by Gasteiger charge is -2.19. The first-order valence-electron chi connectivity index (χ1n) is 6.70. The number of halogens is 2. The van der Waals surface area contributed by atoms with Crippen LogP contribution in [0.3, 0.4) is 0 Å². The van der Waals surface area contributed by atoms with Crippen molar-refractivity contribution in [3.05, 3.63) is 65.0 Å². The topological polar surface area (TPSA) is 24.9 Å². The molecule has 1 atom stereocenters. The van der Waals surface area contributed by atoms with E-state index in [-0.39, 0.29) is 5.56 Å². The molecule has 0 fully saturated rings. The summed E-state index contributed by atoms with van der Waals surface area (Å²) in [7, 11) is 0. The lowest BCUT2D eigenvalue weighted by atomic mass is 10.00. The number of benzene rings is 1. The van der Waals surface area contributed by atoms with E-state index in [2.05, 4.69) is 10.3 Å². The van der Waals surface area contributed by atoms with E-state index in [4.69, 9.17) is 0 Å². The molecular formula is C16H18F2N2. The van der Waals surface area contributed by atoms with E-state index in [1.54, 1.807) is 6.20 Å². The normalized spacial score (nSPS) is 12.4. The van der Waals surface area contributed by atoms with E-state index in [9.17, 15) is 8.78 Å². The Kier molecular flexibility index (Phi) is 4.79. The Morgan fingerprint density at radius 3 is 2.40 bits per heavy atom. The zero-order chi connectivity index (χ0) is 14.5. The smallest absolute Gasteiger partial charge is 0.130 e. The van der Waals surface area contributed by atoms with Crippen LogP contribution in [-0.2, 0) is 6.42 Å². The van der Waals surface area contributed by atoms with Crippen LogP contribution in [0.2, 0.25) is 0 Å². The maximum atomic E-state index is 13.9. The maximum Gasteiger partial charge on any atom is 0.130 e. The van der Waals surface area contributed by atoms with Gasteiger partial charge in [0.15, 0.2) is 0 Å². The fourth-order valence-electron chi connectivity index (χ4n) is 2.19. The fourth-order valence-corrected chi connectivity index (χ4v) is 2.19. The first-order chi connectivity index (χ1) is 9.61. The van der Waals surface area contributed by atoms with Crippen molar-refractivity contribution in [3.63, 3.8) is 0 Å². The van der Waals surface area contributed by atoms with Crippen LogP contribution in [0.5, 0.6) is 0 Å². The van der Waals surface area contributed by atoms with Gasteiger partial charge in [-0.3, -0.25) is 4.98 Å². The minimum Gasteiger partial charge on any atom is -0.310 e. The highest BCUT2D eigenvalue weighted by Crippen LogP contribution is 2.23. The van der Waals surface area contributed by atoms with Gasteiger partial charge in [0.1, 0.15) is 11.6 Å². The van der Waals surface area contributed by atoms with E-state index in [0.29, 0.717) is 13.0 Å². The number of pyridine rings is 1. The number of hydrogen-bond acceptors (Lipinski definition) is 2. The predicted molar refractivity (Wildman–Crippen MR) is 75.5 cm³/mol. The highest BCUT2D eigenvalue weighted by atomic mass is 19.1. The number of rotatable bonds is 5. The molecule has 0 saturated carbocycles. The zero-order valence-electron chi connectivity index (χ0n) is 11.7. The average molecular weight is 276 g/mol. The van der Waals surface area contributed by atoms with Crippen molar-refractivity contribution in [3.8, 4) is 0 Å². The van der Waals surface area contributed by atoms with Crippen LogP contribution in [0.4, 0.5) is 8.78 Å². The van der Waals surface area contributed by atoms with Gasteiger partial charge in [-0.2, -0.15) is 0 Å². The lowest BCUT2D eigenvalue weighted by Crippen LogP contribution is -2.25. The second kappa shape index (κ2) is 6.57. The zero-order valence-corrected chi connectivity index (χ0v) is 11.7. The number of likely N-dealkylation sites (N-methyl/N-ethyl adjacent to an activating group) is 1. The van der Waals surface area contributed by atoms with Crippen molar-refractivity contribution in [2.75, 3.05) is 6.54 Å². The number of nitrogens with one attached hydrogen (secondary N) is 1. The Hall–Kier alpha value is -1.81. The molecule has 0 saturated heterocycles. The third-order valence-corrected chi connectivity index (χ3v) is 3.18. The minimum atomic E-state index is -0.525. The van der Waals surface area contributed by atoms with Crippen molar-refractivity contribution >= 4 is 0 Å². The van der Waals surface area contributed by atoms with Crippen molar-refractivity contribution in [2.45, 2.75) is 26.3 Å². The monoisotopic (exact) mass is 276 g/mol. The molecule has 0 amide bonds. The Morgan fingerprint density at radius 1 is 1.15 bits per heavy atom. The summed E-state index contributed by atoms with van der Waals surface area (Å²) in [6.45, 7) is 4.49. The highest BCUT2D eigenvalue weighted by Gasteiger charge is 2.20. The van der Waals surface area contributed by atoms with Gasteiger partial charge < -0.3 is 5.32 Å². The minimum absolute atomic E-state index is 0.0803. The number of nitrogens with zero attached hydrogens (tertiary/aromatic N) is 1. The summed E-state index contributed by atoms with van der Waals surface area (Å²) in [5.41, 5.74) is 1.95. The summed E-state index contributed by atoms with van der Waals surface area (Å²) < 4.78 is 27.8. The molecule has 0 radical (unpaired) electrons. The highest BCUT2D eigenvalue weighted by molar-refractivity contribution is 5.25. The molecule has 1 aromatic heterocycles.